The third-order valence-electron chi connectivity index (χ3n) is 3.49. The molecule has 1 rings (SSSR count). The highest BCUT2D eigenvalue weighted by atomic mass is 16.3. The van der Waals surface area contributed by atoms with Gasteiger partial charge in [-0.25, -0.2) is 0 Å². The Morgan fingerprint density at radius 2 is 2.13 bits per heavy atom. The van der Waals surface area contributed by atoms with E-state index < -0.39 is 0 Å². The van der Waals surface area contributed by atoms with Gasteiger partial charge in [0.05, 0.1) is 0 Å². The predicted octanol–water partition coefficient (Wildman–Crippen LogP) is 2.34. The van der Waals surface area contributed by atoms with Crippen LogP contribution in [0, 0.1) is 11.8 Å². The van der Waals surface area contributed by atoms with Crippen LogP contribution in [0.2, 0.25) is 0 Å². The normalized spacial score (nSPS) is 22.1. The van der Waals surface area contributed by atoms with Gasteiger partial charge in [0.2, 0.25) is 0 Å². The molecule has 0 radical (unpaired) electrons. The molecule has 0 spiro atoms. The number of nitrogens with one attached hydrogen (secondary N) is 1. The van der Waals surface area contributed by atoms with Crippen molar-refractivity contribution in [2.75, 3.05) is 6.61 Å². The van der Waals surface area contributed by atoms with Gasteiger partial charge in [-0.2, -0.15) is 0 Å². The lowest BCUT2D eigenvalue weighted by molar-refractivity contribution is 0.196. The third kappa shape index (κ3) is 4.35. The Bertz CT molecular complexity index is 189. The third-order valence-corrected chi connectivity index (χ3v) is 3.49. The molecule has 0 saturated heterocycles. The molecule has 3 unspecified atom stereocenters. The van der Waals surface area contributed by atoms with Gasteiger partial charge in [-0.05, 0) is 44.4 Å². The summed E-state index contributed by atoms with van der Waals surface area (Å²) in [5, 5.41) is 12.7. The second-order valence-corrected chi connectivity index (χ2v) is 4.93. The van der Waals surface area contributed by atoms with Crippen LogP contribution in [0.4, 0.5) is 0 Å². The number of aliphatic hydroxyl groups is 1. The summed E-state index contributed by atoms with van der Waals surface area (Å²) < 4.78 is 0. The Morgan fingerprint density at radius 3 is 2.60 bits per heavy atom. The average Bonchev–Trinajstić information content (AvgIpc) is 3.06. The Labute approximate surface area is 93.8 Å². The number of rotatable bonds is 8. The second kappa shape index (κ2) is 6.29. The maximum Gasteiger partial charge on any atom is 0.0471 e. The number of hydrogen-bond acceptors (Lipinski definition) is 2. The zero-order valence-corrected chi connectivity index (χ0v) is 10.1. The molecule has 2 nitrogen and oxygen atoms in total. The van der Waals surface area contributed by atoms with Gasteiger partial charge in [0.25, 0.3) is 0 Å². The smallest absolute Gasteiger partial charge is 0.0471 e. The van der Waals surface area contributed by atoms with Gasteiger partial charge in [-0.1, -0.05) is 13.0 Å². The van der Waals surface area contributed by atoms with Gasteiger partial charge in [0.1, 0.15) is 0 Å². The van der Waals surface area contributed by atoms with Crippen LogP contribution in [0.1, 0.15) is 39.5 Å². The molecule has 0 aromatic carbocycles. The van der Waals surface area contributed by atoms with E-state index in [9.17, 15) is 0 Å². The Morgan fingerprint density at radius 1 is 1.47 bits per heavy atom. The molecule has 88 valence electrons. The minimum atomic E-state index is 0.271. The van der Waals surface area contributed by atoms with Crippen molar-refractivity contribution in [1.82, 2.24) is 5.32 Å². The predicted molar refractivity (Wildman–Crippen MR) is 64.8 cm³/mol. The van der Waals surface area contributed by atoms with Gasteiger partial charge < -0.3 is 10.4 Å². The summed E-state index contributed by atoms with van der Waals surface area (Å²) in [6, 6.07) is 1.04. The van der Waals surface area contributed by atoms with E-state index in [-0.39, 0.29) is 6.61 Å². The molecule has 1 aliphatic carbocycles. The zero-order chi connectivity index (χ0) is 11.3. The van der Waals surface area contributed by atoms with Gasteiger partial charge in [-0.3, -0.25) is 0 Å². The first kappa shape index (κ1) is 12.7. The molecule has 1 aliphatic rings. The van der Waals surface area contributed by atoms with Crippen molar-refractivity contribution in [3.8, 4) is 0 Å². The van der Waals surface area contributed by atoms with Gasteiger partial charge in [0.15, 0.2) is 0 Å². The van der Waals surface area contributed by atoms with E-state index in [1.54, 1.807) is 0 Å². The highest BCUT2D eigenvalue weighted by Crippen LogP contribution is 2.35. The summed E-state index contributed by atoms with van der Waals surface area (Å²) >= 11 is 0. The Kier molecular flexibility index (Phi) is 5.34. The van der Waals surface area contributed by atoms with Crippen LogP contribution in [0.15, 0.2) is 12.7 Å². The SMILES string of the molecule is C=CCCC(NC(C)C(C)CO)C1CC1. The van der Waals surface area contributed by atoms with Crippen LogP contribution in [-0.4, -0.2) is 23.8 Å². The van der Waals surface area contributed by atoms with Crippen LogP contribution < -0.4 is 5.32 Å². The van der Waals surface area contributed by atoms with Crippen LogP contribution in [0.5, 0.6) is 0 Å². The molecule has 1 fully saturated rings. The minimum Gasteiger partial charge on any atom is -0.396 e. The molecule has 2 N–H and O–H groups in total. The summed E-state index contributed by atoms with van der Waals surface area (Å²) in [6.45, 7) is 8.31. The Hall–Kier alpha value is -0.340. The monoisotopic (exact) mass is 211 g/mol. The molecule has 0 heterocycles. The standard InChI is InChI=1S/C13H25NO/c1-4-5-6-13(12-7-8-12)14-11(3)10(2)9-15/h4,10-15H,1,5-9H2,2-3H3. The van der Waals surface area contributed by atoms with Crippen LogP contribution in [0.3, 0.4) is 0 Å². The van der Waals surface area contributed by atoms with Gasteiger partial charge in [0, 0.05) is 18.7 Å². The lowest BCUT2D eigenvalue weighted by Gasteiger charge is -2.26. The van der Waals surface area contributed by atoms with Crippen LogP contribution >= 0.6 is 0 Å². The lowest BCUT2D eigenvalue weighted by Crippen LogP contribution is -2.42. The van der Waals surface area contributed by atoms with Crippen molar-refractivity contribution < 1.29 is 5.11 Å². The van der Waals surface area contributed by atoms with Gasteiger partial charge in [-0.15, -0.1) is 6.58 Å². The van der Waals surface area contributed by atoms with Crippen LogP contribution in [-0.2, 0) is 0 Å². The summed E-state index contributed by atoms with van der Waals surface area (Å²) in [5.74, 6) is 1.22. The van der Waals surface area contributed by atoms with Crippen molar-refractivity contribution in [3.63, 3.8) is 0 Å². The second-order valence-electron chi connectivity index (χ2n) is 4.93. The maximum atomic E-state index is 9.09. The van der Waals surface area contributed by atoms with E-state index in [4.69, 9.17) is 5.11 Å². The summed E-state index contributed by atoms with van der Waals surface area (Å²) in [4.78, 5) is 0. The molecule has 1 saturated carbocycles. The highest BCUT2D eigenvalue weighted by Gasteiger charge is 2.31. The molecule has 3 atom stereocenters. The molecule has 2 heteroatoms. The van der Waals surface area contributed by atoms with Crippen molar-refractivity contribution in [1.29, 1.82) is 0 Å². The van der Waals surface area contributed by atoms with E-state index in [1.165, 1.54) is 19.3 Å². The van der Waals surface area contributed by atoms with Crippen LogP contribution in [0.25, 0.3) is 0 Å². The highest BCUT2D eigenvalue weighted by molar-refractivity contribution is 4.89. The number of hydrogen-bond donors (Lipinski definition) is 2. The van der Waals surface area contributed by atoms with E-state index in [2.05, 4.69) is 25.7 Å². The average molecular weight is 211 g/mol. The molecule has 15 heavy (non-hydrogen) atoms. The largest absolute Gasteiger partial charge is 0.396 e. The molecule has 0 aromatic heterocycles. The summed E-state index contributed by atoms with van der Waals surface area (Å²) in [6.07, 6.45) is 7.02. The molecule has 0 bridgehead atoms. The Balaban J connectivity index is 2.32. The lowest BCUT2D eigenvalue weighted by atomic mass is 10.0. The van der Waals surface area contributed by atoms with E-state index in [1.807, 2.05) is 6.08 Å². The zero-order valence-electron chi connectivity index (χ0n) is 10.1. The maximum absolute atomic E-state index is 9.09. The first-order valence-corrected chi connectivity index (χ1v) is 6.16. The molecule has 0 aromatic rings. The molecule has 0 amide bonds. The van der Waals surface area contributed by atoms with E-state index >= 15 is 0 Å². The van der Waals surface area contributed by atoms with E-state index in [0.717, 1.165) is 12.3 Å². The topological polar surface area (TPSA) is 32.3 Å². The minimum absolute atomic E-state index is 0.271. The summed E-state index contributed by atoms with van der Waals surface area (Å²) in [5.41, 5.74) is 0. The van der Waals surface area contributed by atoms with Crippen molar-refractivity contribution in [3.05, 3.63) is 12.7 Å². The van der Waals surface area contributed by atoms with Gasteiger partial charge >= 0.3 is 0 Å². The quantitative estimate of drug-likeness (QED) is 0.604. The van der Waals surface area contributed by atoms with Crippen molar-refractivity contribution in [2.45, 2.75) is 51.6 Å². The fourth-order valence-corrected chi connectivity index (χ4v) is 1.91. The van der Waals surface area contributed by atoms with Crippen molar-refractivity contribution in [2.24, 2.45) is 11.8 Å². The molecule has 0 aliphatic heterocycles. The number of allylic oxidation sites excluding steroid dienone is 1. The first-order chi connectivity index (χ1) is 7.19. The molecular weight excluding hydrogens is 186 g/mol. The number of aliphatic hydroxyl groups excluding tert-OH is 1. The summed E-state index contributed by atoms with van der Waals surface area (Å²) in [7, 11) is 0. The van der Waals surface area contributed by atoms with E-state index in [0.29, 0.717) is 18.0 Å². The molecular formula is C13H25NO. The van der Waals surface area contributed by atoms with Crippen molar-refractivity contribution >= 4 is 0 Å². The first-order valence-electron chi connectivity index (χ1n) is 6.16. The fraction of sp³-hybridized carbons (Fsp3) is 0.846. The fourth-order valence-electron chi connectivity index (χ4n) is 1.91.